The van der Waals surface area contributed by atoms with Crippen LogP contribution in [0.3, 0.4) is 0 Å². The Morgan fingerprint density at radius 2 is 1.90 bits per heavy atom. The molecule has 1 unspecified atom stereocenters. The van der Waals surface area contributed by atoms with E-state index in [4.69, 9.17) is 14.6 Å². The molecular formula is C14H20N2O5. The lowest BCUT2D eigenvalue weighted by Crippen LogP contribution is -2.43. The van der Waals surface area contributed by atoms with Gasteiger partial charge in [0.1, 0.15) is 11.8 Å². The first-order valence-electron chi connectivity index (χ1n) is 6.50. The fourth-order valence-electron chi connectivity index (χ4n) is 1.69. The molecule has 0 radical (unpaired) electrons. The molecule has 0 fully saturated rings. The van der Waals surface area contributed by atoms with Crippen LogP contribution in [0.5, 0.6) is 5.75 Å². The first kappa shape index (κ1) is 16.8. The van der Waals surface area contributed by atoms with Crippen molar-refractivity contribution in [3.8, 4) is 5.75 Å². The molecule has 0 saturated carbocycles. The van der Waals surface area contributed by atoms with Crippen LogP contribution in [0.25, 0.3) is 0 Å². The molecule has 7 heteroatoms. The van der Waals surface area contributed by atoms with E-state index < -0.39 is 18.0 Å². The highest BCUT2D eigenvalue weighted by atomic mass is 16.5. The molecule has 0 saturated heterocycles. The number of nitrogens with one attached hydrogen (secondary N) is 2. The van der Waals surface area contributed by atoms with Crippen molar-refractivity contribution in [1.29, 1.82) is 0 Å². The van der Waals surface area contributed by atoms with Gasteiger partial charge in [0.25, 0.3) is 0 Å². The molecule has 1 aromatic rings. The highest BCUT2D eigenvalue weighted by molar-refractivity contribution is 5.92. The zero-order valence-corrected chi connectivity index (χ0v) is 12.1. The van der Waals surface area contributed by atoms with Crippen molar-refractivity contribution in [2.75, 3.05) is 26.1 Å². The van der Waals surface area contributed by atoms with Crippen molar-refractivity contribution in [3.05, 3.63) is 24.3 Å². The first-order valence-corrected chi connectivity index (χ1v) is 6.50. The van der Waals surface area contributed by atoms with Crippen molar-refractivity contribution in [2.45, 2.75) is 18.9 Å². The number of hydrogen-bond donors (Lipinski definition) is 3. The molecule has 21 heavy (non-hydrogen) atoms. The molecule has 116 valence electrons. The number of benzene rings is 1. The minimum Gasteiger partial charge on any atom is -0.497 e. The van der Waals surface area contributed by atoms with Gasteiger partial charge in [-0.3, -0.25) is 0 Å². The summed E-state index contributed by atoms with van der Waals surface area (Å²) in [5, 5.41) is 14.0. The van der Waals surface area contributed by atoms with E-state index in [0.29, 0.717) is 30.9 Å². The maximum Gasteiger partial charge on any atom is 0.326 e. The molecule has 0 spiro atoms. The normalized spacial score (nSPS) is 11.5. The minimum absolute atomic E-state index is 0.305. The van der Waals surface area contributed by atoms with Crippen LogP contribution in [0, 0.1) is 0 Å². The number of rotatable bonds is 8. The zero-order chi connectivity index (χ0) is 15.7. The number of carboxylic acids is 1. The van der Waals surface area contributed by atoms with Crippen molar-refractivity contribution in [1.82, 2.24) is 5.32 Å². The Bertz CT molecular complexity index is 461. The predicted molar refractivity (Wildman–Crippen MR) is 77.7 cm³/mol. The second kappa shape index (κ2) is 8.80. The average Bonchev–Trinajstić information content (AvgIpc) is 2.47. The molecule has 3 N–H and O–H groups in total. The van der Waals surface area contributed by atoms with Gasteiger partial charge in [0.05, 0.1) is 7.11 Å². The third-order valence-electron chi connectivity index (χ3n) is 2.79. The second-order valence-electron chi connectivity index (χ2n) is 4.35. The van der Waals surface area contributed by atoms with Crippen LogP contribution in [0.2, 0.25) is 0 Å². The summed E-state index contributed by atoms with van der Waals surface area (Å²) in [5.74, 6) is -0.403. The largest absolute Gasteiger partial charge is 0.497 e. The predicted octanol–water partition coefficient (Wildman–Crippen LogP) is 1.70. The molecule has 0 heterocycles. The Morgan fingerprint density at radius 3 is 2.43 bits per heavy atom. The fraction of sp³-hybridized carbons (Fsp3) is 0.429. The van der Waals surface area contributed by atoms with Crippen LogP contribution < -0.4 is 15.4 Å². The summed E-state index contributed by atoms with van der Waals surface area (Å²) >= 11 is 0. The van der Waals surface area contributed by atoms with Crippen LogP contribution in [0.15, 0.2) is 24.3 Å². The topological polar surface area (TPSA) is 96.9 Å². The van der Waals surface area contributed by atoms with Crippen LogP contribution >= 0.6 is 0 Å². The van der Waals surface area contributed by atoms with E-state index in [0.717, 1.165) is 0 Å². The number of carbonyl (C=O) groups is 2. The number of amides is 2. The molecule has 0 bridgehead atoms. The van der Waals surface area contributed by atoms with Gasteiger partial charge < -0.3 is 25.2 Å². The monoisotopic (exact) mass is 296 g/mol. The Labute approximate surface area is 123 Å². The van der Waals surface area contributed by atoms with Gasteiger partial charge in [0, 0.05) is 19.4 Å². The molecular weight excluding hydrogens is 276 g/mol. The van der Waals surface area contributed by atoms with Crippen LogP contribution in [-0.4, -0.2) is 44.0 Å². The van der Waals surface area contributed by atoms with E-state index in [2.05, 4.69) is 10.6 Å². The fourth-order valence-corrected chi connectivity index (χ4v) is 1.69. The van der Waals surface area contributed by atoms with E-state index in [1.165, 1.54) is 0 Å². The van der Waals surface area contributed by atoms with Gasteiger partial charge in [-0.15, -0.1) is 0 Å². The highest BCUT2D eigenvalue weighted by Crippen LogP contribution is 2.14. The number of urea groups is 1. The van der Waals surface area contributed by atoms with Crippen LogP contribution in [0.4, 0.5) is 10.5 Å². The smallest absolute Gasteiger partial charge is 0.326 e. The third-order valence-corrected chi connectivity index (χ3v) is 2.79. The number of hydrogen-bond acceptors (Lipinski definition) is 4. The first-order chi connectivity index (χ1) is 10.1. The summed E-state index contributed by atoms with van der Waals surface area (Å²) in [4.78, 5) is 22.8. The lowest BCUT2D eigenvalue weighted by atomic mass is 10.1. The molecule has 7 nitrogen and oxygen atoms in total. The van der Waals surface area contributed by atoms with Gasteiger partial charge >= 0.3 is 12.0 Å². The number of carboxylic acid groups (broad SMARTS) is 1. The lowest BCUT2D eigenvalue weighted by Gasteiger charge is -2.15. The number of anilines is 1. The Kier molecular flexibility index (Phi) is 7.03. The number of methoxy groups -OCH3 is 2. The third kappa shape index (κ3) is 6.13. The molecule has 1 aromatic carbocycles. The highest BCUT2D eigenvalue weighted by Gasteiger charge is 2.19. The quantitative estimate of drug-likeness (QED) is 0.634. The molecule has 0 aromatic heterocycles. The Balaban J connectivity index is 2.50. The zero-order valence-electron chi connectivity index (χ0n) is 12.1. The van der Waals surface area contributed by atoms with Crippen molar-refractivity contribution < 1.29 is 24.2 Å². The van der Waals surface area contributed by atoms with Gasteiger partial charge in [0.2, 0.25) is 0 Å². The summed E-state index contributed by atoms with van der Waals surface area (Å²) in [6, 6.07) is 5.22. The van der Waals surface area contributed by atoms with E-state index >= 15 is 0 Å². The summed E-state index contributed by atoms with van der Waals surface area (Å²) < 4.78 is 9.87. The molecule has 0 aliphatic rings. The Hall–Kier alpha value is -2.28. The number of carbonyl (C=O) groups excluding carboxylic acids is 1. The molecule has 0 aliphatic carbocycles. The summed E-state index contributed by atoms with van der Waals surface area (Å²) in [6.07, 6.45) is 0.857. The van der Waals surface area contributed by atoms with E-state index in [1.807, 2.05) is 0 Å². The van der Waals surface area contributed by atoms with Gasteiger partial charge in [-0.2, -0.15) is 0 Å². The SMILES string of the molecule is COCCCC(NC(=O)Nc1ccc(OC)cc1)C(=O)O. The lowest BCUT2D eigenvalue weighted by molar-refractivity contribution is -0.139. The van der Waals surface area contributed by atoms with Crippen LogP contribution in [-0.2, 0) is 9.53 Å². The second-order valence-corrected chi connectivity index (χ2v) is 4.35. The molecule has 1 rings (SSSR count). The standard InChI is InChI=1S/C14H20N2O5/c1-20-9-3-4-12(13(17)18)16-14(19)15-10-5-7-11(21-2)8-6-10/h5-8,12H,3-4,9H2,1-2H3,(H,17,18)(H2,15,16,19). The van der Waals surface area contributed by atoms with Gasteiger partial charge in [-0.25, -0.2) is 9.59 Å². The van der Waals surface area contributed by atoms with E-state index in [9.17, 15) is 9.59 Å². The van der Waals surface area contributed by atoms with Crippen molar-refractivity contribution in [2.24, 2.45) is 0 Å². The molecule has 2 amide bonds. The maximum atomic E-state index is 11.8. The van der Waals surface area contributed by atoms with Crippen molar-refractivity contribution >= 4 is 17.7 Å². The van der Waals surface area contributed by atoms with Gasteiger partial charge in [-0.05, 0) is 37.1 Å². The number of ether oxygens (including phenoxy) is 2. The summed E-state index contributed by atoms with van der Waals surface area (Å²) in [7, 11) is 3.09. The number of aliphatic carboxylic acids is 1. The molecule has 0 aliphatic heterocycles. The van der Waals surface area contributed by atoms with Crippen LogP contribution in [0.1, 0.15) is 12.8 Å². The summed E-state index contributed by atoms with van der Waals surface area (Å²) in [6.45, 7) is 0.450. The minimum atomic E-state index is -1.07. The van der Waals surface area contributed by atoms with E-state index in [-0.39, 0.29) is 0 Å². The Morgan fingerprint density at radius 1 is 1.24 bits per heavy atom. The van der Waals surface area contributed by atoms with Gasteiger partial charge in [-0.1, -0.05) is 0 Å². The maximum absolute atomic E-state index is 11.8. The van der Waals surface area contributed by atoms with Gasteiger partial charge in [0.15, 0.2) is 0 Å². The summed E-state index contributed by atoms with van der Waals surface area (Å²) in [5.41, 5.74) is 0.550. The average molecular weight is 296 g/mol. The van der Waals surface area contributed by atoms with E-state index in [1.54, 1.807) is 38.5 Å². The van der Waals surface area contributed by atoms with Crippen molar-refractivity contribution in [3.63, 3.8) is 0 Å². The molecule has 1 atom stereocenters.